The zero-order chi connectivity index (χ0) is 17.8. The first kappa shape index (κ1) is 22.6. The Labute approximate surface area is 180 Å². The Morgan fingerprint density at radius 1 is 0.750 bits per heavy atom. The van der Waals surface area contributed by atoms with Crippen LogP contribution >= 0.6 is 24.8 Å². The Hall–Kier alpha value is -1.72. The van der Waals surface area contributed by atoms with Crippen molar-refractivity contribution < 1.29 is 0 Å². The number of rotatable bonds is 4. The number of aromatic nitrogens is 2. The molecule has 0 unspecified atom stereocenters. The monoisotopic (exact) mass is 423 g/mol. The van der Waals surface area contributed by atoms with Crippen molar-refractivity contribution in [1.29, 1.82) is 0 Å². The molecular weight excluding hydrogens is 393 g/mol. The Balaban J connectivity index is 0.00000140. The van der Waals surface area contributed by atoms with E-state index >= 15 is 0 Å². The molecule has 28 heavy (non-hydrogen) atoms. The molecule has 0 saturated carbocycles. The van der Waals surface area contributed by atoms with Gasteiger partial charge in [0.1, 0.15) is 5.82 Å². The molecule has 3 heterocycles. The number of nitrogens with one attached hydrogen (secondary N) is 1. The lowest BCUT2D eigenvalue weighted by Gasteiger charge is -2.22. The highest BCUT2D eigenvalue weighted by molar-refractivity contribution is 5.85. The van der Waals surface area contributed by atoms with Crippen LogP contribution < -0.4 is 15.1 Å². The lowest BCUT2D eigenvalue weighted by Crippen LogP contribution is -2.25. The molecule has 0 radical (unpaired) electrons. The van der Waals surface area contributed by atoms with E-state index in [1.807, 2.05) is 6.92 Å². The second-order valence-corrected chi connectivity index (χ2v) is 7.46. The molecule has 0 bridgehead atoms. The van der Waals surface area contributed by atoms with E-state index in [-0.39, 0.29) is 24.8 Å². The van der Waals surface area contributed by atoms with E-state index in [0.29, 0.717) is 5.95 Å². The standard InChI is InChI=1S/C21H29N5.2ClH/c1-17-16-20(26-14-4-2-3-5-15-26)24-21(22-17)23-18-8-10-19(11-9-18)25-12-6-7-13-25;;/h8-11,16H,2-7,12-15H2,1H3,(H,22,23,24);2*1H. The predicted molar refractivity (Wildman–Crippen MR) is 123 cm³/mol. The molecule has 0 atom stereocenters. The fourth-order valence-electron chi connectivity index (χ4n) is 3.93. The second kappa shape index (κ2) is 10.7. The van der Waals surface area contributed by atoms with E-state index < -0.39 is 0 Å². The molecule has 0 spiro atoms. The lowest BCUT2D eigenvalue weighted by atomic mass is 10.2. The van der Waals surface area contributed by atoms with Crippen molar-refractivity contribution in [2.24, 2.45) is 0 Å². The van der Waals surface area contributed by atoms with Gasteiger partial charge < -0.3 is 15.1 Å². The molecule has 2 saturated heterocycles. The van der Waals surface area contributed by atoms with Crippen LogP contribution in [0.25, 0.3) is 0 Å². The van der Waals surface area contributed by atoms with Crippen LogP contribution in [0.4, 0.5) is 23.1 Å². The van der Waals surface area contributed by atoms with Gasteiger partial charge in [-0.3, -0.25) is 0 Å². The molecule has 2 aliphatic rings. The van der Waals surface area contributed by atoms with Crippen molar-refractivity contribution in [2.75, 3.05) is 41.3 Å². The first-order valence-electron chi connectivity index (χ1n) is 10.0. The van der Waals surface area contributed by atoms with Crippen molar-refractivity contribution in [3.8, 4) is 0 Å². The van der Waals surface area contributed by atoms with Crippen molar-refractivity contribution in [1.82, 2.24) is 9.97 Å². The van der Waals surface area contributed by atoms with Crippen LogP contribution in [-0.2, 0) is 0 Å². The molecule has 1 N–H and O–H groups in total. The number of nitrogens with zero attached hydrogens (tertiary/aromatic N) is 4. The van der Waals surface area contributed by atoms with Crippen LogP contribution in [-0.4, -0.2) is 36.1 Å². The molecule has 154 valence electrons. The fraction of sp³-hybridized carbons (Fsp3) is 0.524. The SMILES string of the molecule is Cc1cc(N2CCCCCC2)nc(Nc2ccc(N3CCCC3)cc2)n1.Cl.Cl. The van der Waals surface area contributed by atoms with Crippen molar-refractivity contribution >= 4 is 48.0 Å². The van der Waals surface area contributed by atoms with Crippen LogP contribution in [0.1, 0.15) is 44.2 Å². The third-order valence-corrected chi connectivity index (χ3v) is 5.37. The minimum atomic E-state index is 0. The summed E-state index contributed by atoms with van der Waals surface area (Å²) < 4.78 is 0. The van der Waals surface area contributed by atoms with Crippen molar-refractivity contribution in [2.45, 2.75) is 45.4 Å². The minimum absolute atomic E-state index is 0. The first-order valence-corrected chi connectivity index (χ1v) is 10.0. The Morgan fingerprint density at radius 3 is 1.96 bits per heavy atom. The highest BCUT2D eigenvalue weighted by atomic mass is 35.5. The molecule has 2 aromatic rings. The number of aryl methyl sites for hydroxylation is 1. The molecule has 5 nitrogen and oxygen atoms in total. The minimum Gasteiger partial charge on any atom is -0.372 e. The van der Waals surface area contributed by atoms with Gasteiger partial charge in [0.05, 0.1) is 0 Å². The largest absolute Gasteiger partial charge is 0.372 e. The number of hydrogen-bond acceptors (Lipinski definition) is 5. The maximum Gasteiger partial charge on any atom is 0.229 e. The molecular formula is C21H31Cl2N5. The maximum absolute atomic E-state index is 4.79. The normalized spacial score (nSPS) is 16.8. The van der Waals surface area contributed by atoms with E-state index in [2.05, 4.69) is 50.4 Å². The van der Waals surface area contributed by atoms with Gasteiger partial charge in [0.2, 0.25) is 5.95 Å². The zero-order valence-corrected chi connectivity index (χ0v) is 18.2. The molecule has 1 aromatic heterocycles. The van der Waals surface area contributed by atoms with Gasteiger partial charge >= 0.3 is 0 Å². The smallest absolute Gasteiger partial charge is 0.229 e. The van der Waals surface area contributed by atoms with Gasteiger partial charge in [-0.2, -0.15) is 4.98 Å². The first-order chi connectivity index (χ1) is 12.8. The molecule has 4 rings (SSSR count). The third-order valence-electron chi connectivity index (χ3n) is 5.37. The van der Waals surface area contributed by atoms with Gasteiger partial charge in [-0.25, -0.2) is 4.98 Å². The summed E-state index contributed by atoms with van der Waals surface area (Å²) in [6.45, 7) is 6.59. The van der Waals surface area contributed by atoms with Gasteiger partial charge in [0.15, 0.2) is 0 Å². The summed E-state index contributed by atoms with van der Waals surface area (Å²) in [5, 5.41) is 3.39. The molecule has 2 aliphatic heterocycles. The number of benzene rings is 1. The summed E-state index contributed by atoms with van der Waals surface area (Å²) in [7, 11) is 0. The van der Waals surface area contributed by atoms with E-state index in [0.717, 1.165) is 30.3 Å². The summed E-state index contributed by atoms with van der Waals surface area (Å²) in [5.41, 5.74) is 3.36. The van der Waals surface area contributed by atoms with Gasteiger partial charge in [-0.15, -0.1) is 24.8 Å². The quantitative estimate of drug-likeness (QED) is 0.717. The maximum atomic E-state index is 4.79. The van der Waals surface area contributed by atoms with Gasteiger partial charge in [-0.05, 0) is 56.9 Å². The molecule has 1 aromatic carbocycles. The van der Waals surface area contributed by atoms with E-state index in [1.165, 1.54) is 57.3 Å². The summed E-state index contributed by atoms with van der Waals surface area (Å²) in [6, 6.07) is 10.8. The summed E-state index contributed by atoms with van der Waals surface area (Å²) in [5.74, 6) is 1.74. The number of hydrogen-bond donors (Lipinski definition) is 1. The van der Waals surface area contributed by atoms with Crippen LogP contribution in [0.2, 0.25) is 0 Å². The third kappa shape index (κ3) is 5.65. The topological polar surface area (TPSA) is 44.3 Å². The Morgan fingerprint density at radius 2 is 1.32 bits per heavy atom. The van der Waals surface area contributed by atoms with Crippen LogP contribution in [0.5, 0.6) is 0 Å². The average Bonchev–Trinajstić information content (AvgIpc) is 3.04. The molecule has 0 aliphatic carbocycles. The summed E-state index contributed by atoms with van der Waals surface area (Å²) in [6.07, 6.45) is 7.77. The Bertz CT molecular complexity index is 724. The predicted octanol–water partition coefficient (Wildman–Crippen LogP) is 5.35. The van der Waals surface area contributed by atoms with Gasteiger partial charge in [0, 0.05) is 49.3 Å². The fourth-order valence-corrected chi connectivity index (χ4v) is 3.93. The average molecular weight is 424 g/mol. The Kier molecular flexibility index (Phi) is 8.64. The van der Waals surface area contributed by atoms with Gasteiger partial charge in [0.25, 0.3) is 0 Å². The summed E-state index contributed by atoms with van der Waals surface area (Å²) >= 11 is 0. The highest BCUT2D eigenvalue weighted by Crippen LogP contribution is 2.24. The van der Waals surface area contributed by atoms with Crippen molar-refractivity contribution in [3.63, 3.8) is 0 Å². The highest BCUT2D eigenvalue weighted by Gasteiger charge is 2.14. The van der Waals surface area contributed by atoms with Gasteiger partial charge in [-0.1, -0.05) is 12.8 Å². The number of anilines is 4. The molecule has 2 fully saturated rings. The van der Waals surface area contributed by atoms with Crippen LogP contribution in [0.15, 0.2) is 30.3 Å². The van der Waals surface area contributed by atoms with Crippen LogP contribution in [0, 0.1) is 6.92 Å². The van der Waals surface area contributed by atoms with E-state index in [1.54, 1.807) is 0 Å². The van der Waals surface area contributed by atoms with Crippen LogP contribution in [0.3, 0.4) is 0 Å². The van der Waals surface area contributed by atoms with E-state index in [9.17, 15) is 0 Å². The second-order valence-electron chi connectivity index (χ2n) is 7.46. The van der Waals surface area contributed by atoms with Crippen molar-refractivity contribution in [3.05, 3.63) is 36.0 Å². The zero-order valence-electron chi connectivity index (χ0n) is 16.6. The lowest BCUT2D eigenvalue weighted by molar-refractivity contribution is 0.726. The molecule has 0 amide bonds. The number of halogens is 2. The summed E-state index contributed by atoms with van der Waals surface area (Å²) in [4.78, 5) is 14.2. The molecule has 7 heteroatoms. The van der Waals surface area contributed by atoms with E-state index in [4.69, 9.17) is 4.98 Å².